The summed E-state index contributed by atoms with van der Waals surface area (Å²) in [6.45, 7) is 6.38. The van der Waals surface area contributed by atoms with Crippen molar-refractivity contribution < 1.29 is 19.4 Å². The van der Waals surface area contributed by atoms with E-state index in [1.807, 2.05) is 30.3 Å². The first kappa shape index (κ1) is 23.5. The van der Waals surface area contributed by atoms with Gasteiger partial charge >= 0.3 is 5.97 Å². The molecule has 1 amide bonds. The van der Waals surface area contributed by atoms with E-state index in [1.54, 1.807) is 11.3 Å². The third-order valence-corrected chi connectivity index (χ3v) is 8.08. The number of hydrogen-bond donors (Lipinski definition) is 4. The molecule has 2 aliphatic rings. The molecule has 1 aliphatic carbocycles. The van der Waals surface area contributed by atoms with Gasteiger partial charge in [-0.15, -0.1) is 0 Å². The first-order valence-electron chi connectivity index (χ1n) is 11.6. The topological polar surface area (TPSA) is 128 Å². The second-order valence-electron chi connectivity index (χ2n) is 9.90. The van der Waals surface area contributed by atoms with Crippen molar-refractivity contribution in [2.24, 2.45) is 5.73 Å². The van der Waals surface area contributed by atoms with E-state index in [1.165, 1.54) is 5.56 Å². The number of aliphatic carboxylic acids is 1. The lowest BCUT2D eigenvalue weighted by Gasteiger charge is -2.45. The van der Waals surface area contributed by atoms with Crippen LogP contribution in [0.2, 0.25) is 0 Å². The molecule has 182 valence electrons. The van der Waals surface area contributed by atoms with Gasteiger partial charge in [-0.1, -0.05) is 26.0 Å². The Morgan fingerprint density at radius 1 is 1.09 bits per heavy atom. The molecule has 1 spiro atoms. The number of carboxylic acid groups (broad SMARTS) is 1. The fraction of sp³-hybridized carbons (Fsp3) is 0.333. The van der Waals surface area contributed by atoms with Crippen LogP contribution in [0.5, 0.6) is 0 Å². The normalized spacial score (nSPS) is 22.2. The number of rotatable bonds is 5. The van der Waals surface area contributed by atoms with Crippen LogP contribution in [0.4, 0.5) is 11.4 Å². The Morgan fingerprint density at radius 2 is 1.77 bits per heavy atom. The van der Waals surface area contributed by atoms with Gasteiger partial charge in [-0.2, -0.15) is 11.3 Å². The lowest BCUT2D eigenvalue weighted by atomic mass is 9.62. The predicted octanol–water partition coefficient (Wildman–Crippen LogP) is 4.48. The molecule has 35 heavy (non-hydrogen) atoms. The predicted molar refractivity (Wildman–Crippen MR) is 137 cm³/mol. The van der Waals surface area contributed by atoms with Gasteiger partial charge in [0.05, 0.1) is 6.10 Å². The molecule has 1 aromatic heterocycles. The standard InChI is InChI=1S/C27H29N3O4S/c1-14-17-12-35-13-22(17)27(34-14)18-6-4-15(28)10-20(18)26(2,3)21-11-16(5-7-19(21)27)30-24(31)9-8-23(29)25(32)33/h4-7,10-14,23H,8-9,28-29H2,1-3H3,(H,30,31)(H,32,33)/t14?,23-,27?/m0/s1. The molecule has 6 N–H and O–H groups in total. The van der Waals surface area contributed by atoms with Crippen molar-refractivity contribution >= 4 is 34.6 Å². The molecule has 0 saturated heterocycles. The van der Waals surface area contributed by atoms with Crippen molar-refractivity contribution in [1.29, 1.82) is 0 Å². The van der Waals surface area contributed by atoms with Gasteiger partial charge in [-0.05, 0) is 76.2 Å². The zero-order valence-corrected chi connectivity index (χ0v) is 20.7. The van der Waals surface area contributed by atoms with Crippen molar-refractivity contribution in [2.75, 3.05) is 11.1 Å². The summed E-state index contributed by atoms with van der Waals surface area (Å²) >= 11 is 1.67. The van der Waals surface area contributed by atoms with E-state index in [-0.39, 0.29) is 24.9 Å². The number of fused-ring (bicyclic) bond motifs is 6. The number of nitrogens with two attached hydrogens (primary N) is 2. The summed E-state index contributed by atoms with van der Waals surface area (Å²) in [6.07, 6.45) is 0.0319. The number of anilines is 2. The van der Waals surface area contributed by atoms with Crippen LogP contribution in [0.3, 0.4) is 0 Å². The van der Waals surface area contributed by atoms with Crippen molar-refractivity contribution in [2.45, 2.75) is 56.8 Å². The van der Waals surface area contributed by atoms with Gasteiger partial charge < -0.3 is 26.6 Å². The van der Waals surface area contributed by atoms with E-state index in [0.29, 0.717) is 11.4 Å². The molecule has 0 fully saturated rings. The number of thiophene rings is 1. The highest BCUT2D eigenvalue weighted by Crippen LogP contribution is 2.60. The first-order valence-corrected chi connectivity index (χ1v) is 12.6. The van der Waals surface area contributed by atoms with E-state index in [2.05, 4.69) is 42.9 Å². The monoisotopic (exact) mass is 491 g/mol. The molecular weight excluding hydrogens is 462 g/mol. The van der Waals surface area contributed by atoms with E-state index in [4.69, 9.17) is 21.3 Å². The molecule has 2 heterocycles. The summed E-state index contributed by atoms with van der Waals surface area (Å²) in [7, 11) is 0. The minimum absolute atomic E-state index is 0.0239. The maximum Gasteiger partial charge on any atom is 0.320 e. The fourth-order valence-corrected chi connectivity index (χ4v) is 6.44. The minimum atomic E-state index is -1.12. The van der Waals surface area contributed by atoms with E-state index in [9.17, 15) is 9.59 Å². The minimum Gasteiger partial charge on any atom is -0.480 e. The van der Waals surface area contributed by atoms with Crippen molar-refractivity contribution in [3.63, 3.8) is 0 Å². The average Bonchev–Trinajstić information content (AvgIpc) is 3.40. The van der Waals surface area contributed by atoms with Gasteiger partial charge in [0.25, 0.3) is 0 Å². The number of carboxylic acids is 1. The van der Waals surface area contributed by atoms with Crippen LogP contribution < -0.4 is 16.8 Å². The van der Waals surface area contributed by atoms with Gasteiger partial charge in [0.2, 0.25) is 5.91 Å². The largest absolute Gasteiger partial charge is 0.480 e. The van der Waals surface area contributed by atoms with Gasteiger partial charge in [-0.25, -0.2) is 0 Å². The lowest BCUT2D eigenvalue weighted by Crippen LogP contribution is -2.41. The Morgan fingerprint density at radius 3 is 2.49 bits per heavy atom. The molecule has 2 unspecified atom stereocenters. The summed E-state index contributed by atoms with van der Waals surface area (Å²) in [5, 5.41) is 16.2. The van der Waals surface area contributed by atoms with Crippen LogP contribution >= 0.6 is 11.3 Å². The zero-order chi connectivity index (χ0) is 25.1. The van der Waals surface area contributed by atoms with E-state index >= 15 is 0 Å². The summed E-state index contributed by atoms with van der Waals surface area (Å²) in [5.74, 6) is -1.39. The molecule has 0 saturated carbocycles. The van der Waals surface area contributed by atoms with Gasteiger partial charge in [0, 0.05) is 28.8 Å². The number of benzene rings is 2. The fourth-order valence-electron chi connectivity index (χ4n) is 5.47. The summed E-state index contributed by atoms with van der Waals surface area (Å²) < 4.78 is 6.80. The highest BCUT2D eigenvalue weighted by Gasteiger charge is 2.54. The number of carbonyl (C=O) groups is 2. The Labute approximate surface area is 208 Å². The third-order valence-electron chi connectivity index (χ3n) is 7.31. The average molecular weight is 492 g/mol. The highest BCUT2D eigenvalue weighted by atomic mass is 32.1. The maximum atomic E-state index is 12.5. The first-order chi connectivity index (χ1) is 16.6. The molecule has 3 aromatic rings. The number of amides is 1. The summed E-state index contributed by atoms with van der Waals surface area (Å²) in [5.41, 5.74) is 18.6. The summed E-state index contributed by atoms with van der Waals surface area (Å²) in [6, 6.07) is 10.9. The number of nitrogen functional groups attached to an aromatic ring is 1. The molecule has 8 heteroatoms. The third kappa shape index (κ3) is 3.55. The Kier molecular flexibility index (Phi) is 5.51. The molecule has 0 radical (unpaired) electrons. The van der Waals surface area contributed by atoms with Crippen LogP contribution in [-0.2, 0) is 25.3 Å². The van der Waals surface area contributed by atoms with E-state index in [0.717, 1.165) is 27.8 Å². The Balaban J connectivity index is 1.60. The van der Waals surface area contributed by atoms with Crippen LogP contribution in [0.15, 0.2) is 47.2 Å². The lowest BCUT2D eigenvalue weighted by molar-refractivity contribution is -0.138. The molecule has 3 atom stereocenters. The Hall–Kier alpha value is -3.20. The number of carbonyl (C=O) groups excluding carboxylic acids is 1. The quantitative estimate of drug-likeness (QED) is 0.390. The van der Waals surface area contributed by atoms with Gasteiger partial charge in [0.15, 0.2) is 0 Å². The second-order valence-corrected chi connectivity index (χ2v) is 10.6. The smallest absolute Gasteiger partial charge is 0.320 e. The van der Waals surface area contributed by atoms with E-state index < -0.39 is 23.0 Å². The molecular formula is C27H29N3O4S. The summed E-state index contributed by atoms with van der Waals surface area (Å²) in [4.78, 5) is 23.5. The second kappa shape index (κ2) is 8.19. The molecule has 7 nitrogen and oxygen atoms in total. The SMILES string of the molecule is CC1OC2(c3cscc31)c1ccc(N)cc1C(C)(C)c1cc(NC(=O)CC[C@H](N)C(=O)O)ccc12. The van der Waals surface area contributed by atoms with Crippen LogP contribution in [0.25, 0.3) is 0 Å². The number of nitrogens with one attached hydrogen (secondary N) is 1. The van der Waals surface area contributed by atoms with Crippen molar-refractivity contribution in [3.05, 3.63) is 80.5 Å². The molecule has 1 aliphatic heterocycles. The zero-order valence-electron chi connectivity index (χ0n) is 19.9. The van der Waals surface area contributed by atoms with Crippen LogP contribution in [0, 0.1) is 0 Å². The van der Waals surface area contributed by atoms with Crippen molar-refractivity contribution in [1.82, 2.24) is 0 Å². The number of hydrogen-bond acceptors (Lipinski definition) is 6. The van der Waals surface area contributed by atoms with Gasteiger partial charge in [-0.3, -0.25) is 9.59 Å². The molecule has 2 aromatic carbocycles. The van der Waals surface area contributed by atoms with Crippen molar-refractivity contribution in [3.8, 4) is 0 Å². The Bertz CT molecular complexity index is 1350. The van der Waals surface area contributed by atoms with Crippen LogP contribution in [0.1, 0.15) is 73.1 Å². The maximum absolute atomic E-state index is 12.5. The van der Waals surface area contributed by atoms with Gasteiger partial charge in [0.1, 0.15) is 11.6 Å². The van der Waals surface area contributed by atoms with Crippen LogP contribution in [-0.4, -0.2) is 23.0 Å². The highest BCUT2D eigenvalue weighted by molar-refractivity contribution is 7.08. The molecule has 5 rings (SSSR count). The molecule has 0 bridgehead atoms. The number of ether oxygens (including phenoxy) is 1.